The molecule has 1 aliphatic carbocycles. The summed E-state index contributed by atoms with van der Waals surface area (Å²) in [5.74, 6) is 0.237. The van der Waals surface area contributed by atoms with Gasteiger partial charge in [-0.15, -0.1) is 0 Å². The van der Waals surface area contributed by atoms with Gasteiger partial charge in [-0.25, -0.2) is 0 Å². The second-order valence-corrected chi connectivity index (χ2v) is 4.89. The second-order valence-electron chi connectivity index (χ2n) is 4.89. The Bertz CT molecular complexity index is 631. The lowest BCUT2D eigenvalue weighted by atomic mass is 9.74. The van der Waals surface area contributed by atoms with Crippen LogP contribution in [0.4, 0.5) is 5.69 Å². The third kappa shape index (κ3) is 1.61. The topological polar surface area (TPSA) is 43.1 Å². The molecule has 0 saturated heterocycles. The summed E-state index contributed by atoms with van der Waals surface area (Å²) in [4.78, 5) is 12.4. The van der Waals surface area contributed by atoms with E-state index in [1.807, 2.05) is 43.3 Å². The number of hydrogen-bond donors (Lipinski definition) is 1. The Morgan fingerprint density at radius 2 is 2.00 bits per heavy atom. The SMILES string of the molecule is Cc1cc(C(=O)C2Cc3ccccc32)ccc1N. The van der Waals surface area contributed by atoms with Crippen molar-refractivity contribution in [3.8, 4) is 0 Å². The third-order valence-electron chi connectivity index (χ3n) is 3.73. The highest BCUT2D eigenvalue weighted by molar-refractivity contribution is 6.03. The number of aryl methyl sites for hydroxylation is 1. The molecule has 2 aromatic rings. The molecule has 0 spiro atoms. The maximum absolute atomic E-state index is 12.4. The number of nitrogen functional groups attached to an aromatic ring is 1. The quantitative estimate of drug-likeness (QED) is 0.644. The Balaban J connectivity index is 1.91. The standard InChI is InChI=1S/C16H15NO/c1-10-8-12(6-7-15(10)17)16(18)14-9-11-4-2-3-5-13(11)14/h2-8,14H,9,17H2,1H3. The molecule has 0 aliphatic heterocycles. The van der Waals surface area contributed by atoms with Crippen LogP contribution in [-0.2, 0) is 6.42 Å². The Morgan fingerprint density at radius 3 is 2.72 bits per heavy atom. The number of carbonyl (C=O) groups is 1. The summed E-state index contributed by atoms with van der Waals surface area (Å²) in [5, 5.41) is 0. The zero-order valence-corrected chi connectivity index (χ0v) is 10.3. The maximum Gasteiger partial charge on any atom is 0.170 e. The van der Waals surface area contributed by atoms with E-state index < -0.39 is 0 Å². The average Bonchev–Trinajstić information content (AvgIpc) is 2.34. The fourth-order valence-corrected chi connectivity index (χ4v) is 2.52. The first-order valence-electron chi connectivity index (χ1n) is 6.15. The lowest BCUT2D eigenvalue weighted by Gasteiger charge is -2.28. The van der Waals surface area contributed by atoms with Gasteiger partial charge in [0, 0.05) is 11.3 Å². The van der Waals surface area contributed by atoms with Crippen molar-refractivity contribution in [3.05, 3.63) is 64.7 Å². The van der Waals surface area contributed by atoms with Crippen molar-refractivity contribution in [2.75, 3.05) is 5.73 Å². The normalized spacial score (nSPS) is 16.8. The predicted octanol–water partition coefficient (Wildman–Crippen LogP) is 3.10. The van der Waals surface area contributed by atoms with Crippen LogP contribution in [0.15, 0.2) is 42.5 Å². The lowest BCUT2D eigenvalue weighted by Crippen LogP contribution is -2.25. The molecule has 0 bridgehead atoms. The van der Waals surface area contributed by atoms with Gasteiger partial charge < -0.3 is 5.73 Å². The van der Waals surface area contributed by atoms with Crippen LogP contribution < -0.4 is 5.73 Å². The van der Waals surface area contributed by atoms with Crippen LogP contribution in [0.25, 0.3) is 0 Å². The first-order chi connectivity index (χ1) is 8.66. The number of anilines is 1. The lowest BCUT2D eigenvalue weighted by molar-refractivity contribution is 0.0949. The zero-order valence-electron chi connectivity index (χ0n) is 10.3. The number of benzene rings is 2. The molecule has 0 fully saturated rings. The molecule has 0 saturated carbocycles. The molecule has 1 aliphatic rings. The fraction of sp³-hybridized carbons (Fsp3) is 0.188. The number of fused-ring (bicyclic) bond motifs is 1. The molecule has 0 amide bonds. The molecule has 2 heteroatoms. The van der Waals surface area contributed by atoms with Crippen molar-refractivity contribution in [1.82, 2.24) is 0 Å². The molecular weight excluding hydrogens is 222 g/mol. The molecule has 0 heterocycles. The highest BCUT2D eigenvalue weighted by Gasteiger charge is 2.32. The minimum absolute atomic E-state index is 0.0317. The van der Waals surface area contributed by atoms with Crippen molar-refractivity contribution in [3.63, 3.8) is 0 Å². The molecule has 0 radical (unpaired) electrons. The monoisotopic (exact) mass is 237 g/mol. The van der Waals surface area contributed by atoms with E-state index in [-0.39, 0.29) is 11.7 Å². The summed E-state index contributed by atoms with van der Waals surface area (Å²) >= 11 is 0. The third-order valence-corrected chi connectivity index (χ3v) is 3.73. The van der Waals surface area contributed by atoms with Gasteiger partial charge in [0.05, 0.1) is 5.92 Å². The van der Waals surface area contributed by atoms with Gasteiger partial charge in [-0.05, 0) is 48.2 Å². The summed E-state index contributed by atoms with van der Waals surface area (Å²) in [5.41, 5.74) is 10.7. The van der Waals surface area contributed by atoms with E-state index in [0.29, 0.717) is 0 Å². The van der Waals surface area contributed by atoms with Crippen LogP contribution >= 0.6 is 0 Å². The number of Topliss-reactive ketones (excluding diaryl/α,β-unsaturated/α-hetero) is 1. The maximum atomic E-state index is 12.4. The van der Waals surface area contributed by atoms with E-state index in [0.717, 1.165) is 23.2 Å². The van der Waals surface area contributed by atoms with Crippen molar-refractivity contribution in [1.29, 1.82) is 0 Å². The van der Waals surface area contributed by atoms with Gasteiger partial charge in [-0.1, -0.05) is 24.3 Å². The fourth-order valence-electron chi connectivity index (χ4n) is 2.52. The minimum atomic E-state index is 0.0317. The van der Waals surface area contributed by atoms with E-state index in [2.05, 4.69) is 6.07 Å². The zero-order chi connectivity index (χ0) is 12.7. The largest absolute Gasteiger partial charge is 0.399 e. The summed E-state index contributed by atoms with van der Waals surface area (Å²) in [7, 11) is 0. The van der Waals surface area contributed by atoms with Gasteiger partial charge in [0.1, 0.15) is 0 Å². The molecule has 18 heavy (non-hydrogen) atoms. The predicted molar refractivity (Wildman–Crippen MR) is 72.8 cm³/mol. The Morgan fingerprint density at radius 1 is 1.22 bits per heavy atom. The number of ketones is 1. The van der Waals surface area contributed by atoms with Crippen LogP contribution in [-0.4, -0.2) is 5.78 Å². The summed E-state index contributed by atoms with van der Waals surface area (Å²) in [6, 6.07) is 13.7. The highest BCUT2D eigenvalue weighted by atomic mass is 16.1. The molecule has 90 valence electrons. The van der Waals surface area contributed by atoms with E-state index in [9.17, 15) is 4.79 Å². The molecule has 1 unspecified atom stereocenters. The molecule has 2 N–H and O–H groups in total. The van der Waals surface area contributed by atoms with Gasteiger partial charge in [0.15, 0.2) is 5.78 Å². The van der Waals surface area contributed by atoms with Crippen molar-refractivity contribution >= 4 is 11.5 Å². The van der Waals surface area contributed by atoms with Crippen LogP contribution in [0.2, 0.25) is 0 Å². The number of carbonyl (C=O) groups excluding carboxylic acids is 1. The average molecular weight is 237 g/mol. The highest BCUT2D eigenvalue weighted by Crippen LogP contribution is 2.37. The first-order valence-corrected chi connectivity index (χ1v) is 6.15. The van der Waals surface area contributed by atoms with Gasteiger partial charge >= 0.3 is 0 Å². The second kappa shape index (κ2) is 3.98. The molecule has 2 aromatic carbocycles. The van der Waals surface area contributed by atoms with E-state index in [1.165, 1.54) is 11.1 Å². The van der Waals surface area contributed by atoms with E-state index >= 15 is 0 Å². The summed E-state index contributed by atoms with van der Waals surface area (Å²) < 4.78 is 0. The number of hydrogen-bond acceptors (Lipinski definition) is 2. The van der Waals surface area contributed by atoms with Gasteiger partial charge in [0.25, 0.3) is 0 Å². The van der Waals surface area contributed by atoms with E-state index in [1.54, 1.807) is 0 Å². The minimum Gasteiger partial charge on any atom is -0.399 e. The van der Waals surface area contributed by atoms with Crippen molar-refractivity contribution in [2.45, 2.75) is 19.3 Å². The van der Waals surface area contributed by atoms with Gasteiger partial charge in [0.2, 0.25) is 0 Å². The molecule has 1 atom stereocenters. The molecular formula is C16H15NO. The van der Waals surface area contributed by atoms with Gasteiger partial charge in [-0.2, -0.15) is 0 Å². The van der Waals surface area contributed by atoms with Gasteiger partial charge in [-0.3, -0.25) is 4.79 Å². The molecule has 3 rings (SSSR count). The number of nitrogens with two attached hydrogens (primary N) is 1. The van der Waals surface area contributed by atoms with Crippen LogP contribution in [0.3, 0.4) is 0 Å². The first kappa shape index (κ1) is 11.0. The Hall–Kier alpha value is -2.09. The summed E-state index contributed by atoms with van der Waals surface area (Å²) in [6.45, 7) is 1.93. The number of rotatable bonds is 2. The van der Waals surface area contributed by atoms with Crippen LogP contribution in [0.1, 0.15) is 33.0 Å². The smallest absolute Gasteiger partial charge is 0.170 e. The van der Waals surface area contributed by atoms with Crippen LogP contribution in [0, 0.1) is 6.92 Å². The Kier molecular flexibility index (Phi) is 2.44. The Labute approximate surface area is 106 Å². The van der Waals surface area contributed by atoms with E-state index in [4.69, 9.17) is 5.73 Å². The van der Waals surface area contributed by atoms with Crippen molar-refractivity contribution in [2.24, 2.45) is 0 Å². The van der Waals surface area contributed by atoms with Crippen molar-refractivity contribution < 1.29 is 4.79 Å². The summed E-state index contributed by atoms with van der Waals surface area (Å²) in [6.07, 6.45) is 0.860. The molecule has 2 nitrogen and oxygen atoms in total. The molecule has 0 aromatic heterocycles. The van der Waals surface area contributed by atoms with Crippen LogP contribution in [0.5, 0.6) is 0 Å².